The molecule has 7 nitrogen and oxygen atoms in total. The summed E-state index contributed by atoms with van der Waals surface area (Å²) < 4.78 is 12.6. The van der Waals surface area contributed by atoms with Gasteiger partial charge >= 0.3 is 0 Å². The van der Waals surface area contributed by atoms with E-state index >= 15 is 0 Å². The van der Waals surface area contributed by atoms with Gasteiger partial charge in [0.05, 0.1) is 11.6 Å². The fraction of sp³-hybridized carbons (Fsp3) is 0.250. The van der Waals surface area contributed by atoms with E-state index in [1.165, 1.54) is 11.8 Å². The van der Waals surface area contributed by atoms with E-state index in [4.69, 9.17) is 21.1 Å². The SMILES string of the molecule is CCOc1cc(C2Nc3ccc(Br)cc3-c3nnc(SCC)nc3O2)cc(Cl)c1O. The van der Waals surface area contributed by atoms with Gasteiger partial charge in [0, 0.05) is 21.3 Å². The third-order valence-corrected chi connectivity index (χ3v) is 5.82. The number of aromatic hydroxyl groups is 1. The van der Waals surface area contributed by atoms with Crippen molar-refractivity contribution >= 4 is 45.0 Å². The van der Waals surface area contributed by atoms with Crippen LogP contribution in [-0.4, -0.2) is 32.6 Å². The molecule has 2 heterocycles. The van der Waals surface area contributed by atoms with Crippen LogP contribution in [0.2, 0.25) is 5.02 Å². The number of nitrogens with zero attached hydrogens (tertiary/aromatic N) is 3. The fourth-order valence-electron chi connectivity index (χ4n) is 3.02. The van der Waals surface area contributed by atoms with Gasteiger partial charge in [0.2, 0.25) is 11.0 Å². The Bertz CT molecular complexity index is 1100. The summed E-state index contributed by atoms with van der Waals surface area (Å²) in [6.07, 6.45) is -0.639. The summed E-state index contributed by atoms with van der Waals surface area (Å²) in [5.41, 5.74) is 2.82. The predicted octanol–water partition coefficient (Wildman–Crippen LogP) is 5.67. The van der Waals surface area contributed by atoms with Crippen LogP contribution in [0.4, 0.5) is 5.69 Å². The van der Waals surface area contributed by atoms with Crippen LogP contribution in [0.15, 0.2) is 40.0 Å². The molecule has 2 aromatic carbocycles. The van der Waals surface area contributed by atoms with Crippen molar-refractivity contribution < 1.29 is 14.6 Å². The number of hydrogen-bond acceptors (Lipinski definition) is 8. The smallest absolute Gasteiger partial charge is 0.247 e. The molecule has 3 aromatic rings. The molecule has 1 aromatic heterocycles. The number of ether oxygens (including phenoxy) is 2. The first kappa shape index (κ1) is 21.0. The maximum atomic E-state index is 10.2. The summed E-state index contributed by atoms with van der Waals surface area (Å²) >= 11 is 11.2. The number of benzene rings is 2. The first-order valence-electron chi connectivity index (χ1n) is 9.26. The van der Waals surface area contributed by atoms with E-state index in [0.717, 1.165) is 21.5 Å². The summed E-state index contributed by atoms with van der Waals surface area (Å²) in [4.78, 5) is 4.56. The molecule has 1 unspecified atom stereocenters. The molecule has 0 bridgehead atoms. The van der Waals surface area contributed by atoms with E-state index in [1.54, 1.807) is 12.1 Å². The number of rotatable bonds is 5. The molecule has 0 saturated heterocycles. The Morgan fingerprint density at radius 2 is 2.10 bits per heavy atom. The van der Waals surface area contributed by atoms with Gasteiger partial charge in [-0.3, -0.25) is 0 Å². The molecule has 0 radical (unpaired) electrons. The number of fused-ring (bicyclic) bond motifs is 3. The molecule has 0 aliphatic carbocycles. The van der Waals surface area contributed by atoms with Gasteiger partial charge in [0.15, 0.2) is 23.4 Å². The Kier molecular flexibility index (Phi) is 6.21. The van der Waals surface area contributed by atoms with Crippen molar-refractivity contribution in [2.75, 3.05) is 17.7 Å². The number of hydrogen-bond donors (Lipinski definition) is 2. The molecule has 10 heteroatoms. The molecule has 1 atom stereocenters. The van der Waals surface area contributed by atoms with Crippen LogP contribution in [0.5, 0.6) is 17.4 Å². The molecule has 0 fully saturated rings. The third kappa shape index (κ3) is 4.14. The lowest BCUT2D eigenvalue weighted by Crippen LogP contribution is -2.17. The van der Waals surface area contributed by atoms with Crippen molar-refractivity contribution in [3.63, 3.8) is 0 Å². The van der Waals surface area contributed by atoms with Crippen LogP contribution in [-0.2, 0) is 0 Å². The lowest BCUT2D eigenvalue weighted by molar-refractivity contribution is 0.224. The zero-order valence-electron chi connectivity index (χ0n) is 16.1. The van der Waals surface area contributed by atoms with E-state index in [9.17, 15) is 5.11 Å². The molecular formula is C20H18BrClN4O3S. The molecule has 156 valence electrons. The number of nitrogens with one attached hydrogen (secondary N) is 1. The van der Waals surface area contributed by atoms with Gasteiger partial charge in [0.1, 0.15) is 0 Å². The lowest BCUT2D eigenvalue weighted by Gasteiger charge is -2.21. The van der Waals surface area contributed by atoms with Crippen molar-refractivity contribution in [2.45, 2.75) is 25.2 Å². The second-order valence-corrected chi connectivity index (χ2v) is 8.85. The van der Waals surface area contributed by atoms with Crippen LogP contribution in [0.3, 0.4) is 0 Å². The maximum absolute atomic E-state index is 10.2. The fourth-order valence-corrected chi connectivity index (χ4v) is 4.11. The Morgan fingerprint density at radius 3 is 2.87 bits per heavy atom. The monoisotopic (exact) mass is 508 g/mol. The topological polar surface area (TPSA) is 89.4 Å². The minimum absolute atomic E-state index is 0.105. The predicted molar refractivity (Wildman–Crippen MR) is 121 cm³/mol. The van der Waals surface area contributed by atoms with Crippen LogP contribution < -0.4 is 14.8 Å². The highest BCUT2D eigenvalue weighted by molar-refractivity contribution is 9.10. The highest BCUT2D eigenvalue weighted by Gasteiger charge is 2.27. The van der Waals surface area contributed by atoms with Crippen molar-refractivity contribution in [1.82, 2.24) is 15.2 Å². The van der Waals surface area contributed by atoms with Crippen LogP contribution in [0.1, 0.15) is 25.6 Å². The van der Waals surface area contributed by atoms with Gasteiger partial charge in [-0.05, 0) is 43.0 Å². The molecule has 0 saturated carbocycles. The second kappa shape index (κ2) is 8.87. The van der Waals surface area contributed by atoms with E-state index in [2.05, 4.69) is 36.4 Å². The Hall–Kier alpha value is -2.23. The van der Waals surface area contributed by atoms with Crippen molar-refractivity contribution in [2.24, 2.45) is 0 Å². The van der Waals surface area contributed by atoms with Gasteiger partial charge in [-0.15, -0.1) is 10.2 Å². The largest absolute Gasteiger partial charge is 0.503 e. The number of halogens is 2. The lowest BCUT2D eigenvalue weighted by atomic mass is 10.1. The maximum Gasteiger partial charge on any atom is 0.247 e. The van der Waals surface area contributed by atoms with Gasteiger partial charge in [-0.1, -0.05) is 46.2 Å². The van der Waals surface area contributed by atoms with Crippen molar-refractivity contribution in [1.29, 1.82) is 0 Å². The number of phenols is 1. The summed E-state index contributed by atoms with van der Waals surface area (Å²) in [6.45, 7) is 4.24. The van der Waals surface area contributed by atoms with Crippen molar-refractivity contribution in [3.05, 3.63) is 45.4 Å². The zero-order chi connectivity index (χ0) is 21.3. The van der Waals surface area contributed by atoms with Gasteiger partial charge in [-0.2, -0.15) is 4.98 Å². The highest BCUT2D eigenvalue weighted by Crippen LogP contribution is 2.43. The van der Waals surface area contributed by atoms with E-state index < -0.39 is 6.23 Å². The Morgan fingerprint density at radius 1 is 1.27 bits per heavy atom. The highest BCUT2D eigenvalue weighted by atomic mass is 79.9. The van der Waals surface area contributed by atoms with Gasteiger partial charge in [0.25, 0.3) is 0 Å². The van der Waals surface area contributed by atoms with Crippen molar-refractivity contribution in [3.8, 4) is 28.6 Å². The van der Waals surface area contributed by atoms with Gasteiger partial charge < -0.3 is 19.9 Å². The van der Waals surface area contributed by atoms with Crippen LogP contribution in [0, 0.1) is 0 Å². The number of phenolic OH excluding ortho intramolecular Hbond substituents is 1. The average Bonchev–Trinajstić information content (AvgIpc) is 2.88. The molecule has 4 rings (SSSR count). The molecule has 1 aliphatic heterocycles. The average molecular weight is 510 g/mol. The van der Waals surface area contributed by atoms with E-state index in [1.807, 2.05) is 32.0 Å². The normalized spacial score (nSPS) is 14.7. The molecule has 2 N–H and O–H groups in total. The molecule has 0 spiro atoms. The Labute approximate surface area is 191 Å². The zero-order valence-corrected chi connectivity index (χ0v) is 19.3. The van der Waals surface area contributed by atoms with E-state index in [0.29, 0.717) is 28.9 Å². The number of thioether (sulfide) groups is 1. The minimum Gasteiger partial charge on any atom is -0.503 e. The first-order chi connectivity index (χ1) is 14.5. The first-order valence-corrected chi connectivity index (χ1v) is 11.4. The van der Waals surface area contributed by atoms with Crippen LogP contribution >= 0.6 is 39.3 Å². The third-order valence-electron chi connectivity index (χ3n) is 4.31. The number of aromatic nitrogens is 3. The van der Waals surface area contributed by atoms with Gasteiger partial charge in [-0.25, -0.2) is 0 Å². The van der Waals surface area contributed by atoms with Crippen LogP contribution in [0.25, 0.3) is 11.3 Å². The Balaban J connectivity index is 1.84. The number of anilines is 1. The minimum atomic E-state index is -0.639. The standard InChI is InChI=1S/C20H18BrClN4O3S/c1-3-28-15-8-10(7-13(22)17(15)27)18-23-14-6-5-11(21)9-12(14)16-19(29-18)24-20(26-25-16)30-4-2/h5-9,18,23,27H,3-4H2,1-2H3. The summed E-state index contributed by atoms with van der Waals surface area (Å²) in [7, 11) is 0. The summed E-state index contributed by atoms with van der Waals surface area (Å²) in [5, 5.41) is 22.9. The summed E-state index contributed by atoms with van der Waals surface area (Å²) in [6, 6.07) is 9.11. The summed E-state index contributed by atoms with van der Waals surface area (Å²) in [5.74, 6) is 1.35. The molecular weight excluding hydrogens is 492 g/mol. The second-order valence-electron chi connectivity index (χ2n) is 6.30. The molecule has 0 amide bonds. The molecule has 1 aliphatic rings. The van der Waals surface area contributed by atoms with E-state index in [-0.39, 0.29) is 16.5 Å². The quantitative estimate of drug-likeness (QED) is 0.425. The molecule has 30 heavy (non-hydrogen) atoms.